The summed E-state index contributed by atoms with van der Waals surface area (Å²) in [6, 6.07) is 50.3. The lowest BCUT2D eigenvalue weighted by atomic mass is 9.33. The van der Waals surface area contributed by atoms with Crippen LogP contribution in [0.1, 0.15) is 132 Å². The van der Waals surface area contributed by atoms with Gasteiger partial charge in [-0.15, -0.1) is 0 Å². The van der Waals surface area contributed by atoms with Gasteiger partial charge in [0, 0.05) is 34.1 Å². The van der Waals surface area contributed by atoms with Gasteiger partial charge in [0.25, 0.3) is 0 Å². The molecule has 0 aliphatic carbocycles. The SMILES string of the molecule is CC(C)(C)c1ccc2c(c1)-c1cc(C(C)(C)C)cc3c1B2c1c(cc2c(c1C(C)(C)C)N(c1ccccc1)c1cc(C(C)(C)C)cc4c1B2c1ccc(C(C)(C)C)cc1-4)N3c1ccccc1. The lowest BCUT2D eigenvalue weighted by Crippen LogP contribution is -2.61. The zero-order valence-corrected chi connectivity index (χ0v) is 42.2. The van der Waals surface area contributed by atoms with Crippen LogP contribution in [-0.4, -0.2) is 13.4 Å². The predicted molar refractivity (Wildman–Crippen MR) is 289 cm³/mol. The molecule has 66 heavy (non-hydrogen) atoms. The molecular weight excluding hydrogens is 794 g/mol. The first-order valence-electron chi connectivity index (χ1n) is 24.5. The van der Waals surface area contributed by atoms with Gasteiger partial charge in [-0.05, 0) is 141 Å². The minimum Gasteiger partial charge on any atom is -0.311 e. The maximum Gasteiger partial charge on any atom is 0.248 e. The number of hydrogen-bond donors (Lipinski definition) is 0. The van der Waals surface area contributed by atoms with Crippen LogP contribution in [0.2, 0.25) is 0 Å². The minimum atomic E-state index is -0.249. The Morgan fingerprint density at radius 1 is 0.318 bits per heavy atom. The quantitative estimate of drug-likeness (QED) is 0.160. The summed E-state index contributed by atoms with van der Waals surface area (Å²) in [4.78, 5) is 5.36. The summed E-state index contributed by atoms with van der Waals surface area (Å²) in [5.41, 5.74) is 28.3. The molecular formula is C62H66B2N2. The van der Waals surface area contributed by atoms with Crippen molar-refractivity contribution in [3.8, 4) is 22.3 Å². The molecule has 7 aromatic rings. The number of nitrogens with zero attached hydrogens (tertiary/aromatic N) is 2. The first-order valence-corrected chi connectivity index (χ1v) is 24.5. The zero-order valence-electron chi connectivity index (χ0n) is 42.2. The maximum absolute atomic E-state index is 2.70. The van der Waals surface area contributed by atoms with Gasteiger partial charge in [0.2, 0.25) is 13.4 Å². The standard InChI is InChI=1S/C62H66B2N2/c1-58(2,3)37-26-28-47-43(30-37)45-32-40(61(10,11)12)35-51-54(45)63(47)49-36-52-56(53(62(13,14)15)57(49)66(51)42-24-20-17-21-25-42)64-48-29-27-38(59(4,5)6)31-44(48)46-33-39(60(7,8)9)34-50(55(46)64)65(52)41-22-18-16-19-23-41/h16-36H,1-15H3. The Balaban J connectivity index is 1.34. The molecule has 0 unspecified atom stereocenters. The fourth-order valence-electron chi connectivity index (χ4n) is 11.9. The number of fused-ring (bicyclic) bond motifs is 10. The van der Waals surface area contributed by atoms with Gasteiger partial charge in [0.05, 0.1) is 0 Å². The predicted octanol–water partition coefficient (Wildman–Crippen LogP) is 12.7. The Morgan fingerprint density at radius 3 is 1.17 bits per heavy atom. The van der Waals surface area contributed by atoms with Crippen LogP contribution in [0.25, 0.3) is 22.3 Å². The number of benzene rings is 7. The molecule has 7 aromatic carbocycles. The van der Waals surface area contributed by atoms with Crippen molar-refractivity contribution in [3.63, 3.8) is 0 Å². The van der Waals surface area contributed by atoms with Gasteiger partial charge in [-0.2, -0.15) is 0 Å². The van der Waals surface area contributed by atoms with Crippen LogP contribution < -0.4 is 42.6 Å². The van der Waals surface area contributed by atoms with Crippen LogP contribution >= 0.6 is 0 Å². The molecule has 4 heterocycles. The van der Waals surface area contributed by atoms with Crippen molar-refractivity contribution in [2.75, 3.05) is 9.80 Å². The van der Waals surface area contributed by atoms with Gasteiger partial charge in [-0.25, -0.2) is 0 Å². The van der Waals surface area contributed by atoms with E-state index in [2.05, 4.69) is 241 Å². The fraction of sp³-hybridized carbons (Fsp3) is 0.323. The zero-order chi connectivity index (χ0) is 46.8. The maximum atomic E-state index is 2.70. The van der Waals surface area contributed by atoms with E-state index in [1.165, 1.54) is 117 Å². The molecule has 0 aromatic heterocycles. The summed E-state index contributed by atoms with van der Waals surface area (Å²) in [5, 5.41) is 0. The van der Waals surface area contributed by atoms with E-state index < -0.39 is 0 Å². The second kappa shape index (κ2) is 13.9. The largest absolute Gasteiger partial charge is 0.311 e. The second-order valence-corrected chi connectivity index (χ2v) is 25.1. The fourth-order valence-corrected chi connectivity index (χ4v) is 11.9. The molecule has 0 amide bonds. The third-order valence-corrected chi connectivity index (χ3v) is 15.3. The van der Waals surface area contributed by atoms with Crippen molar-refractivity contribution >= 4 is 80.3 Å². The van der Waals surface area contributed by atoms with Crippen molar-refractivity contribution in [2.45, 2.75) is 131 Å². The van der Waals surface area contributed by atoms with Crippen LogP contribution in [0.4, 0.5) is 34.1 Å². The first kappa shape index (κ1) is 42.9. The van der Waals surface area contributed by atoms with Gasteiger partial charge in [0.15, 0.2) is 0 Å². The van der Waals surface area contributed by atoms with Crippen LogP contribution in [-0.2, 0) is 27.1 Å². The molecule has 4 aliphatic rings. The Bertz CT molecular complexity index is 3160. The molecule has 0 bridgehead atoms. The average molecular weight is 861 g/mol. The summed E-state index contributed by atoms with van der Waals surface area (Å²) < 4.78 is 0. The van der Waals surface area contributed by atoms with Crippen molar-refractivity contribution in [1.29, 1.82) is 0 Å². The van der Waals surface area contributed by atoms with Crippen molar-refractivity contribution in [3.05, 3.63) is 155 Å². The Morgan fingerprint density at radius 2 is 0.712 bits per heavy atom. The monoisotopic (exact) mass is 861 g/mol. The minimum absolute atomic E-state index is 0.0150. The lowest BCUT2D eigenvalue weighted by molar-refractivity contribution is 0.589. The smallest absolute Gasteiger partial charge is 0.248 e. The van der Waals surface area contributed by atoms with E-state index in [0.29, 0.717) is 0 Å². The molecule has 0 saturated heterocycles. The van der Waals surface area contributed by atoms with Gasteiger partial charge in [-0.1, -0.05) is 200 Å². The molecule has 330 valence electrons. The highest BCUT2D eigenvalue weighted by molar-refractivity contribution is 7.03. The van der Waals surface area contributed by atoms with Crippen molar-refractivity contribution in [1.82, 2.24) is 0 Å². The van der Waals surface area contributed by atoms with Crippen LogP contribution in [0.3, 0.4) is 0 Å². The van der Waals surface area contributed by atoms with E-state index in [1.807, 2.05) is 0 Å². The van der Waals surface area contributed by atoms with E-state index in [0.717, 1.165) is 0 Å². The first-order chi connectivity index (χ1) is 30.9. The lowest BCUT2D eigenvalue weighted by Gasteiger charge is -2.46. The van der Waals surface area contributed by atoms with Gasteiger partial charge in [-0.3, -0.25) is 0 Å². The number of rotatable bonds is 2. The third kappa shape index (κ3) is 6.29. The van der Waals surface area contributed by atoms with E-state index >= 15 is 0 Å². The topological polar surface area (TPSA) is 6.48 Å². The molecule has 11 rings (SSSR count). The number of para-hydroxylation sites is 2. The van der Waals surface area contributed by atoms with Crippen molar-refractivity contribution in [2.24, 2.45) is 0 Å². The Kier molecular flexibility index (Phi) is 9.04. The third-order valence-electron chi connectivity index (χ3n) is 15.3. The van der Waals surface area contributed by atoms with Gasteiger partial charge in [0.1, 0.15) is 0 Å². The van der Waals surface area contributed by atoms with Gasteiger partial charge >= 0.3 is 0 Å². The van der Waals surface area contributed by atoms with E-state index in [9.17, 15) is 0 Å². The molecule has 2 nitrogen and oxygen atoms in total. The number of hydrogen-bond acceptors (Lipinski definition) is 2. The highest BCUT2D eigenvalue weighted by Gasteiger charge is 2.51. The summed E-state index contributed by atoms with van der Waals surface area (Å²) >= 11 is 0. The molecule has 0 atom stereocenters. The summed E-state index contributed by atoms with van der Waals surface area (Å²) in [7, 11) is 0. The van der Waals surface area contributed by atoms with E-state index in [-0.39, 0.29) is 40.5 Å². The van der Waals surface area contributed by atoms with Crippen LogP contribution in [0.5, 0.6) is 0 Å². The molecule has 0 saturated carbocycles. The Hall–Kier alpha value is -5.73. The molecule has 0 radical (unpaired) electrons. The van der Waals surface area contributed by atoms with E-state index in [1.54, 1.807) is 0 Å². The molecule has 4 heteroatoms. The summed E-state index contributed by atoms with van der Waals surface area (Å²) in [5.74, 6) is 0. The van der Waals surface area contributed by atoms with Gasteiger partial charge < -0.3 is 9.80 Å². The summed E-state index contributed by atoms with van der Waals surface area (Å²) in [6.07, 6.45) is 0. The van der Waals surface area contributed by atoms with E-state index in [4.69, 9.17) is 0 Å². The molecule has 0 spiro atoms. The summed E-state index contributed by atoms with van der Waals surface area (Å²) in [6.45, 7) is 35.9. The molecule has 0 fully saturated rings. The van der Waals surface area contributed by atoms with Crippen molar-refractivity contribution < 1.29 is 0 Å². The number of anilines is 6. The molecule has 4 aliphatic heterocycles. The van der Waals surface area contributed by atoms with Crippen LogP contribution in [0, 0.1) is 0 Å². The second-order valence-electron chi connectivity index (χ2n) is 25.1. The normalized spacial score (nSPS) is 14.8. The van der Waals surface area contributed by atoms with Crippen LogP contribution in [0.15, 0.2) is 127 Å². The highest BCUT2D eigenvalue weighted by atomic mass is 15.2. The Labute approximate surface area is 396 Å². The highest BCUT2D eigenvalue weighted by Crippen LogP contribution is 2.51. The average Bonchev–Trinajstić information content (AvgIpc) is 3.75. The molecule has 0 N–H and O–H groups in total.